The molecule has 2 atom stereocenters. The summed E-state index contributed by atoms with van der Waals surface area (Å²) < 4.78 is 37.6. The molecule has 1 N–H and O–H groups in total. The zero-order valence-electron chi connectivity index (χ0n) is 23.4. The molecule has 6 heterocycles. The number of amides is 1. The first kappa shape index (κ1) is 27.8. The minimum atomic E-state index is -0.953. The summed E-state index contributed by atoms with van der Waals surface area (Å²) in [6.45, 7) is 3.13. The molecule has 5 aliphatic rings. The van der Waals surface area contributed by atoms with Crippen molar-refractivity contribution in [3.63, 3.8) is 0 Å². The van der Waals surface area contributed by atoms with E-state index in [0.29, 0.717) is 38.1 Å². The van der Waals surface area contributed by atoms with Crippen LogP contribution in [0.5, 0.6) is 5.75 Å². The number of ether oxygens (including phenoxy) is 1. The van der Waals surface area contributed by atoms with Crippen molar-refractivity contribution in [1.82, 2.24) is 19.9 Å². The maximum Gasteiger partial charge on any atom is 0.307 e. The molecule has 4 aromatic rings. The Morgan fingerprint density at radius 2 is 1.71 bits per heavy atom. The third-order valence-electron chi connectivity index (χ3n) is 8.44. The fourth-order valence-electron chi connectivity index (χ4n) is 6.11. The van der Waals surface area contributed by atoms with Gasteiger partial charge in [0.15, 0.2) is 0 Å². The van der Waals surface area contributed by atoms with E-state index in [1.54, 1.807) is 6.92 Å². The first-order valence-corrected chi connectivity index (χ1v) is 14.4. The van der Waals surface area contributed by atoms with Gasteiger partial charge in [-0.3, -0.25) is 9.59 Å². The van der Waals surface area contributed by atoms with E-state index in [1.807, 2.05) is 41.1 Å². The number of hydrogen-bond acceptors (Lipinski definition) is 5. The van der Waals surface area contributed by atoms with E-state index in [1.165, 1.54) is 4.90 Å². The van der Waals surface area contributed by atoms with Gasteiger partial charge in [-0.15, -0.1) is 5.10 Å². The average Bonchev–Trinajstić information content (AvgIpc) is 3.37. The molecule has 10 heteroatoms. The molecule has 0 aliphatic carbocycles. The molecule has 1 aromatic heterocycles. The van der Waals surface area contributed by atoms with Crippen LogP contribution in [0.3, 0.4) is 0 Å². The molecule has 0 unspecified atom stereocenters. The second-order valence-electron chi connectivity index (χ2n) is 11.2. The van der Waals surface area contributed by atoms with Crippen LogP contribution in [0.1, 0.15) is 71.1 Å². The van der Waals surface area contributed by atoms with Crippen molar-refractivity contribution in [3.05, 3.63) is 88.0 Å². The van der Waals surface area contributed by atoms with E-state index < -0.39 is 40.9 Å². The Hall–Kier alpha value is -4.34. The van der Waals surface area contributed by atoms with Gasteiger partial charge in [0.1, 0.15) is 28.5 Å². The number of halogens is 2. The van der Waals surface area contributed by atoms with Crippen LogP contribution in [-0.4, -0.2) is 50.0 Å². The molecule has 9 bridgehead atoms. The first-order valence-electron chi connectivity index (χ1n) is 14.4. The van der Waals surface area contributed by atoms with Gasteiger partial charge in [0.2, 0.25) is 0 Å². The number of aryl methyl sites for hydroxylation is 1. The van der Waals surface area contributed by atoms with Crippen LogP contribution in [0, 0.1) is 17.6 Å². The number of rotatable bonds is 2. The van der Waals surface area contributed by atoms with Crippen LogP contribution in [0.15, 0.2) is 48.5 Å². The summed E-state index contributed by atoms with van der Waals surface area (Å²) in [5.41, 5.74) is 4.40. The fraction of sp³-hybridized carbons (Fsp3) is 0.375. The Bertz CT molecular complexity index is 1650. The van der Waals surface area contributed by atoms with Crippen molar-refractivity contribution in [2.24, 2.45) is 5.92 Å². The van der Waals surface area contributed by atoms with Crippen LogP contribution in [0.25, 0.3) is 11.0 Å². The predicted octanol–water partition coefficient (Wildman–Crippen LogP) is 5.71. The lowest BCUT2D eigenvalue weighted by molar-refractivity contribution is -0.141. The lowest BCUT2D eigenvalue weighted by Gasteiger charge is -2.31. The Balaban J connectivity index is 1.41. The first-order chi connectivity index (χ1) is 20.3. The number of hydrogen-bond donors (Lipinski definition) is 1. The van der Waals surface area contributed by atoms with Gasteiger partial charge in [-0.25, -0.2) is 13.5 Å². The minimum absolute atomic E-state index is 0.0560. The monoisotopic (exact) mass is 574 g/mol. The van der Waals surface area contributed by atoms with Crippen molar-refractivity contribution < 1.29 is 28.2 Å². The van der Waals surface area contributed by atoms with Gasteiger partial charge in [-0.05, 0) is 60.1 Å². The van der Waals surface area contributed by atoms with Crippen LogP contribution in [0.2, 0.25) is 0 Å². The van der Waals surface area contributed by atoms with Crippen molar-refractivity contribution in [1.29, 1.82) is 0 Å². The summed E-state index contributed by atoms with van der Waals surface area (Å²) in [5.74, 6) is -4.76. The summed E-state index contributed by atoms with van der Waals surface area (Å²) in [7, 11) is 0. The van der Waals surface area contributed by atoms with Gasteiger partial charge >= 0.3 is 5.97 Å². The number of nitrogens with zero attached hydrogens (tertiary/aromatic N) is 4. The summed E-state index contributed by atoms with van der Waals surface area (Å²) in [5, 5.41) is 18.7. The SMILES string of the molecule is C[C@@H](C(=O)O)[C@@H]1c2ccc3c(c2)CN(CC3)C(=O)c2c(F)cc(cc2F)OCCCCCCn2nnc3cc1ccc32. The Morgan fingerprint density at radius 3 is 2.50 bits per heavy atom. The maximum atomic E-state index is 15.1. The largest absolute Gasteiger partial charge is 0.493 e. The molecule has 0 saturated heterocycles. The summed E-state index contributed by atoms with van der Waals surface area (Å²) in [6.07, 6.45) is 3.86. The molecule has 9 rings (SSSR count). The summed E-state index contributed by atoms with van der Waals surface area (Å²) >= 11 is 0. The molecule has 3 aromatic carbocycles. The van der Waals surface area contributed by atoms with Gasteiger partial charge in [0, 0.05) is 37.7 Å². The molecule has 0 spiro atoms. The second-order valence-corrected chi connectivity index (χ2v) is 11.2. The molecule has 5 aliphatic heterocycles. The summed E-state index contributed by atoms with van der Waals surface area (Å²) in [4.78, 5) is 27.0. The summed E-state index contributed by atoms with van der Waals surface area (Å²) in [6, 6.07) is 13.7. The number of benzene rings is 3. The van der Waals surface area contributed by atoms with E-state index in [2.05, 4.69) is 10.3 Å². The zero-order chi connectivity index (χ0) is 29.4. The Labute approximate surface area is 241 Å². The molecule has 42 heavy (non-hydrogen) atoms. The molecular formula is C32H32F2N4O4. The van der Waals surface area contributed by atoms with Crippen molar-refractivity contribution in [2.45, 2.75) is 58.0 Å². The van der Waals surface area contributed by atoms with Gasteiger partial charge in [0.05, 0.1) is 18.0 Å². The molecule has 0 saturated carbocycles. The average molecular weight is 575 g/mol. The molecule has 218 valence electrons. The Kier molecular flexibility index (Phi) is 7.62. The quantitative estimate of drug-likeness (QED) is 0.329. The topological polar surface area (TPSA) is 97.6 Å². The van der Waals surface area contributed by atoms with E-state index in [9.17, 15) is 14.7 Å². The van der Waals surface area contributed by atoms with Crippen molar-refractivity contribution in [3.8, 4) is 5.75 Å². The number of carboxylic acid groups (broad SMARTS) is 1. The van der Waals surface area contributed by atoms with E-state index in [-0.39, 0.29) is 12.3 Å². The smallest absolute Gasteiger partial charge is 0.307 e. The lowest BCUT2D eigenvalue weighted by atomic mass is 9.80. The van der Waals surface area contributed by atoms with E-state index >= 15 is 8.78 Å². The van der Waals surface area contributed by atoms with Gasteiger partial charge in [-0.1, -0.05) is 42.8 Å². The molecule has 8 nitrogen and oxygen atoms in total. The fourth-order valence-corrected chi connectivity index (χ4v) is 6.11. The van der Waals surface area contributed by atoms with E-state index in [0.717, 1.165) is 59.2 Å². The molecule has 0 fully saturated rings. The third-order valence-corrected chi connectivity index (χ3v) is 8.44. The highest BCUT2D eigenvalue weighted by atomic mass is 19.1. The molecular weight excluding hydrogens is 542 g/mol. The predicted molar refractivity (Wildman–Crippen MR) is 151 cm³/mol. The Morgan fingerprint density at radius 1 is 0.976 bits per heavy atom. The van der Waals surface area contributed by atoms with Gasteiger partial charge in [-0.2, -0.15) is 0 Å². The van der Waals surface area contributed by atoms with E-state index in [4.69, 9.17) is 4.74 Å². The lowest BCUT2D eigenvalue weighted by Crippen LogP contribution is -2.37. The van der Waals surface area contributed by atoms with Crippen LogP contribution in [-0.2, 0) is 24.3 Å². The number of carbonyl (C=O) groups excluding carboxylic acids is 1. The number of carboxylic acids is 1. The normalized spacial score (nSPS) is 18.5. The maximum absolute atomic E-state index is 15.1. The van der Waals surface area contributed by atoms with Gasteiger partial charge < -0.3 is 14.7 Å². The standard InChI is InChI=1S/C32H32F2N4O4/c1-19(32(40)41)29-21-7-6-20-10-12-37(18-23(20)14-21)31(39)30-25(33)16-24(17-26(30)34)42-13-5-3-2-4-11-38-28-9-8-22(29)15-27(28)35-36-38/h6-9,14-17,19,29H,2-5,10-13,18H2,1H3,(H,40,41)/t19-,29-/m1/s1. The minimum Gasteiger partial charge on any atom is -0.493 e. The van der Waals surface area contributed by atoms with Crippen LogP contribution >= 0.6 is 0 Å². The highest BCUT2D eigenvalue weighted by molar-refractivity contribution is 5.95. The van der Waals surface area contributed by atoms with Crippen molar-refractivity contribution in [2.75, 3.05) is 13.2 Å². The highest BCUT2D eigenvalue weighted by Gasteiger charge is 2.31. The van der Waals surface area contributed by atoms with Crippen LogP contribution in [0.4, 0.5) is 8.78 Å². The number of carbonyl (C=O) groups is 2. The zero-order valence-corrected chi connectivity index (χ0v) is 23.4. The van der Waals surface area contributed by atoms with Gasteiger partial charge in [0.25, 0.3) is 5.91 Å². The number of aliphatic carboxylic acids is 1. The second kappa shape index (κ2) is 11.5. The highest BCUT2D eigenvalue weighted by Crippen LogP contribution is 2.36. The molecule has 1 amide bonds. The number of aromatic nitrogens is 3. The molecule has 0 radical (unpaired) electrons. The van der Waals surface area contributed by atoms with Crippen LogP contribution < -0.4 is 4.74 Å². The van der Waals surface area contributed by atoms with Crippen molar-refractivity contribution >= 4 is 22.9 Å². The third kappa shape index (κ3) is 5.33.